The number of carbonyl (C=O) groups excluding carboxylic acids is 2. The van der Waals surface area contributed by atoms with Gasteiger partial charge in [-0.2, -0.15) is 4.31 Å². The number of aliphatic hydroxyl groups excluding tert-OH is 1. The van der Waals surface area contributed by atoms with Crippen LogP contribution < -0.4 is 5.32 Å². The summed E-state index contributed by atoms with van der Waals surface area (Å²) >= 11 is 0. The van der Waals surface area contributed by atoms with Gasteiger partial charge >= 0.3 is 5.97 Å². The van der Waals surface area contributed by atoms with Crippen molar-refractivity contribution in [1.82, 2.24) is 4.31 Å². The molecule has 154 valence electrons. The number of amides is 1. The van der Waals surface area contributed by atoms with Gasteiger partial charge in [-0.25, -0.2) is 13.2 Å². The summed E-state index contributed by atoms with van der Waals surface area (Å²) in [4.78, 5) is 24.1. The predicted octanol–water partition coefficient (Wildman–Crippen LogP) is 1.76. The summed E-state index contributed by atoms with van der Waals surface area (Å²) in [5.41, 5.74) is 1.33. The van der Waals surface area contributed by atoms with Crippen molar-refractivity contribution in [3.05, 3.63) is 59.7 Å². The highest BCUT2D eigenvalue weighted by Crippen LogP contribution is 2.22. The molecule has 0 radical (unpaired) electrons. The summed E-state index contributed by atoms with van der Waals surface area (Å²) in [6, 6.07) is 12.1. The molecule has 1 heterocycles. The molecule has 3 rings (SSSR count). The number of hydrogen-bond donors (Lipinski definition) is 2. The van der Waals surface area contributed by atoms with Crippen LogP contribution in [0.2, 0.25) is 0 Å². The standard InChI is InChI=1S/C20H22N2O6S/c23-13-15-3-5-16(6-4-15)20(25)28-14-19(24)21-17-7-9-18(10-8-17)29(26,27)22-11-1-2-12-22/h3-10,23H,1-2,11-14H2,(H,21,24). The molecule has 1 amide bonds. The Balaban J connectivity index is 1.53. The number of benzene rings is 2. The topological polar surface area (TPSA) is 113 Å². The zero-order valence-corrected chi connectivity index (χ0v) is 16.5. The quantitative estimate of drug-likeness (QED) is 0.663. The van der Waals surface area contributed by atoms with Gasteiger partial charge in [-0.1, -0.05) is 12.1 Å². The van der Waals surface area contributed by atoms with Crippen LogP contribution in [0.15, 0.2) is 53.4 Å². The number of aliphatic hydroxyl groups is 1. The summed E-state index contributed by atoms with van der Waals surface area (Å²) in [5.74, 6) is -1.20. The number of carbonyl (C=O) groups is 2. The fourth-order valence-corrected chi connectivity index (χ4v) is 4.46. The van der Waals surface area contributed by atoms with Crippen molar-refractivity contribution < 1.29 is 27.9 Å². The Labute approximate surface area is 169 Å². The van der Waals surface area contributed by atoms with Crippen molar-refractivity contribution >= 4 is 27.6 Å². The third-order valence-corrected chi connectivity index (χ3v) is 6.46. The summed E-state index contributed by atoms with van der Waals surface area (Å²) in [5, 5.41) is 11.6. The van der Waals surface area contributed by atoms with Crippen LogP contribution >= 0.6 is 0 Å². The molecule has 0 aliphatic carbocycles. The molecule has 29 heavy (non-hydrogen) atoms. The summed E-state index contributed by atoms with van der Waals surface area (Å²) < 4.78 is 31.4. The van der Waals surface area contributed by atoms with Crippen molar-refractivity contribution in [3.63, 3.8) is 0 Å². The molecular formula is C20H22N2O6S. The van der Waals surface area contributed by atoms with E-state index in [4.69, 9.17) is 9.84 Å². The van der Waals surface area contributed by atoms with Crippen LogP contribution in [0.3, 0.4) is 0 Å². The van der Waals surface area contributed by atoms with E-state index >= 15 is 0 Å². The SMILES string of the molecule is O=C(COC(=O)c1ccc(CO)cc1)Nc1ccc(S(=O)(=O)N2CCCC2)cc1. The third kappa shape index (κ3) is 5.20. The number of anilines is 1. The zero-order valence-electron chi connectivity index (χ0n) is 15.7. The van der Waals surface area contributed by atoms with E-state index in [2.05, 4.69) is 5.32 Å². The molecule has 1 saturated heterocycles. The summed E-state index contributed by atoms with van der Waals surface area (Å²) in [7, 11) is -3.51. The van der Waals surface area contributed by atoms with Gasteiger partial charge in [0.05, 0.1) is 17.1 Å². The van der Waals surface area contributed by atoms with E-state index in [1.54, 1.807) is 12.1 Å². The van der Waals surface area contributed by atoms with Crippen LogP contribution in [0.1, 0.15) is 28.8 Å². The molecule has 1 aliphatic heterocycles. The number of nitrogens with one attached hydrogen (secondary N) is 1. The molecule has 0 atom stereocenters. The molecular weight excluding hydrogens is 396 g/mol. The lowest BCUT2D eigenvalue weighted by molar-refractivity contribution is -0.119. The van der Waals surface area contributed by atoms with E-state index < -0.39 is 28.5 Å². The lowest BCUT2D eigenvalue weighted by atomic mass is 10.1. The highest BCUT2D eigenvalue weighted by atomic mass is 32.2. The second-order valence-electron chi connectivity index (χ2n) is 6.61. The van der Waals surface area contributed by atoms with Crippen LogP contribution in [0, 0.1) is 0 Å². The van der Waals surface area contributed by atoms with Crippen LogP contribution in [-0.4, -0.2) is 49.4 Å². The minimum atomic E-state index is -3.51. The number of sulfonamides is 1. The number of hydrogen-bond acceptors (Lipinski definition) is 6. The molecule has 0 bridgehead atoms. The first kappa shape index (κ1) is 21.0. The van der Waals surface area contributed by atoms with Crippen molar-refractivity contribution in [1.29, 1.82) is 0 Å². The molecule has 8 nitrogen and oxygen atoms in total. The second-order valence-corrected chi connectivity index (χ2v) is 8.55. The lowest BCUT2D eigenvalue weighted by Crippen LogP contribution is -2.27. The average Bonchev–Trinajstić information content (AvgIpc) is 3.28. The molecule has 0 saturated carbocycles. The molecule has 2 aromatic carbocycles. The Morgan fingerprint density at radius 1 is 1.00 bits per heavy atom. The van der Waals surface area contributed by atoms with E-state index in [1.165, 1.54) is 40.7 Å². The highest BCUT2D eigenvalue weighted by molar-refractivity contribution is 7.89. The molecule has 0 spiro atoms. The van der Waals surface area contributed by atoms with Gasteiger partial charge in [0.2, 0.25) is 10.0 Å². The number of ether oxygens (including phenoxy) is 1. The van der Waals surface area contributed by atoms with E-state index in [-0.39, 0.29) is 17.1 Å². The van der Waals surface area contributed by atoms with E-state index in [0.29, 0.717) is 24.3 Å². The van der Waals surface area contributed by atoms with E-state index in [0.717, 1.165) is 12.8 Å². The first-order chi connectivity index (χ1) is 13.9. The molecule has 1 aliphatic rings. The number of nitrogens with zero attached hydrogens (tertiary/aromatic N) is 1. The maximum absolute atomic E-state index is 12.5. The first-order valence-corrected chi connectivity index (χ1v) is 10.6. The Morgan fingerprint density at radius 2 is 1.62 bits per heavy atom. The van der Waals surface area contributed by atoms with Gasteiger partial charge in [-0.15, -0.1) is 0 Å². The minimum Gasteiger partial charge on any atom is -0.452 e. The Kier molecular flexibility index (Phi) is 6.63. The number of rotatable bonds is 7. The Hall–Kier alpha value is -2.75. The predicted molar refractivity (Wildman–Crippen MR) is 106 cm³/mol. The Bertz CT molecular complexity index is 965. The minimum absolute atomic E-state index is 0.129. The molecule has 0 aromatic heterocycles. The Morgan fingerprint density at radius 3 is 2.21 bits per heavy atom. The fourth-order valence-electron chi connectivity index (χ4n) is 2.95. The molecule has 0 unspecified atom stereocenters. The van der Waals surface area contributed by atoms with Gasteiger partial charge in [-0.05, 0) is 54.8 Å². The molecule has 2 aromatic rings. The van der Waals surface area contributed by atoms with Crippen molar-refractivity contribution in [3.8, 4) is 0 Å². The van der Waals surface area contributed by atoms with Gasteiger partial charge in [0, 0.05) is 18.8 Å². The van der Waals surface area contributed by atoms with Gasteiger partial charge in [-0.3, -0.25) is 4.79 Å². The molecule has 1 fully saturated rings. The second kappa shape index (κ2) is 9.17. The normalized spacial score (nSPS) is 14.5. The van der Waals surface area contributed by atoms with Crippen molar-refractivity contribution in [2.75, 3.05) is 25.0 Å². The van der Waals surface area contributed by atoms with Crippen molar-refractivity contribution in [2.45, 2.75) is 24.3 Å². The van der Waals surface area contributed by atoms with Crippen molar-refractivity contribution in [2.24, 2.45) is 0 Å². The summed E-state index contributed by atoms with van der Waals surface area (Å²) in [6.07, 6.45) is 1.72. The van der Waals surface area contributed by atoms with Crippen LogP contribution in [0.4, 0.5) is 5.69 Å². The number of esters is 1. The average molecular weight is 418 g/mol. The first-order valence-electron chi connectivity index (χ1n) is 9.17. The zero-order chi connectivity index (χ0) is 20.9. The fraction of sp³-hybridized carbons (Fsp3) is 0.300. The van der Waals surface area contributed by atoms with Gasteiger partial charge < -0.3 is 15.2 Å². The third-order valence-electron chi connectivity index (χ3n) is 4.55. The van der Waals surface area contributed by atoms with E-state index in [9.17, 15) is 18.0 Å². The maximum atomic E-state index is 12.5. The van der Waals surface area contributed by atoms with Crippen LogP contribution in [-0.2, 0) is 26.2 Å². The monoisotopic (exact) mass is 418 g/mol. The molecule has 2 N–H and O–H groups in total. The largest absolute Gasteiger partial charge is 0.452 e. The maximum Gasteiger partial charge on any atom is 0.338 e. The van der Waals surface area contributed by atoms with Crippen LogP contribution in [0.25, 0.3) is 0 Å². The smallest absolute Gasteiger partial charge is 0.338 e. The lowest BCUT2D eigenvalue weighted by Gasteiger charge is -2.15. The van der Waals surface area contributed by atoms with Gasteiger partial charge in [0.25, 0.3) is 5.91 Å². The van der Waals surface area contributed by atoms with Crippen LogP contribution in [0.5, 0.6) is 0 Å². The highest BCUT2D eigenvalue weighted by Gasteiger charge is 2.26. The van der Waals surface area contributed by atoms with Gasteiger partial charge in [0.15, 0.2) is 6.61 Å². The van der Waals surface area contributed by atoms with Gasteiger partial charge in [0.1, 0.15) is 0 Å². The van der Waals surface area contributed by atoms with E-state index in [1.807, 2.05) is 0 Å². The summed E-state index contributed by atoms with van der Waals surface area (Å²) in [6.45, 7) is 0.439. The molecule has 9 heteroatoms.